The van der Waals surface area contributed by atoms with E-state index >= 15 is 0 Å². The summed E-state index contributed by atoms with van der Waals surface area (Å²) in [6.45, 7) is 2.03. The molecular weight excluding hydrogens is 190 g/mol. The lowest BCUT2D eigenvalue weighted by atomic mass is 10.0. The Morgan fingerprint density at radius 2 is 2.53 bits per heavy atom. The highest BCUT2D eigenvalue weighted by Gasteiger charge is 2.20. The van der Waals surface area contributed by atoms with Crippen LogP contribution in [0.25, 0.3) is 0 Å². The van der Waals surface area contributed by atoms with Crippen LogP contribution in [-0.2, 0) is 4.79 Å². The maximum atomic E-state index is 11.9. The third-order valence-corrected chi connectivity index (χ3v) is 2.97. The highest BCUT2D eigenvalue weighted by Crippen LogP contribution is 2.17. The van der Waals surface area contributed by atoms with E-state index in [1.54, 1.807) is 4.90 Å². The van der Waals surface area contributed by atoms with E-state index in [0.717, 1.165) is 25.2 Å². The van der Waals surface area contributed by atoms with Crippen LogP contribution in [0.2, 0.25) is 0 Å². The lowest BCUT2D eigenvalue weighted by Crippen LogP contribution is -2.28. The molecule has 0 saturated carbocycles. The van der Waals surface area contributed by atoms with Crippen molar-refractivity contribution >= 4 is 11.6 Å². The van der Waals surface area contributed by atoms with Crippen molar-refractivity contribution in [2.45, 2.75) is 12.8 Å². The fraction of sp³-hybridized carbons (Fsp3) is 0.545. The Balaban J connectivity index is 1.90. The van der Waals surface area contributed by atoms with Crippen LogP contribution in [-0.4, -0.2) is 31.0 Å². The second-order valence-corrected chi connectivity index (χ2v) is 4.08. The molecular formula is C11H17N3O. The van der Waals surface area contributed by atoms with E-state index in [1.165, 1.54) is 0 Å². The molecule has 1 aliphatic heterocycles. The number of carbonyl (C=O) groups is 1. The maximum absolute atomic E-state index is 11.9. The van der Waals surface area contributed by atoms with Gasteiger partial charge in [0, 0.05) is 25.9 Å². The first-order chi connectivity index (χ1) is 7.27. The first kappa shape index (κ1) is 10.2. The van der Waals surface area contributed by atoms with Crippen LogP contribution in [0.3, 0.4) is 0 Å². The lowest BCUT2D eigenvalue weighted by molar-refractivity contribution is -0.119. The summed E-state index contributed by atoms with van der Waals surface area (Å²) in [7, 11) is 1.83. The molecule has 1 unspecified atom stereocenters. The van der Waals surface area contributed by atoms with E-state index in [0.29, 0.717) is 12.3 Å². The largest absolute Gasteiger partial charge is 0.366 e. The molecule has 0 radical (unpaired) electrons. The number of nitrogens with one attached hydrogen (secondary N) is 2. The third-order valence-electron chi connectivity index (χ3n) is 2.97. The normalized spacial score (nSPS) is 20.5. The zero-order valence-electron chi connectivity index (χ0n) is 8.99. The Hall–Kier alpha value is -1.29. The molecule has 0 bridgehead atoms. The molecule has 0 spiro atoms. The molecule has 4 nitrogen and oxygen atoms in total. The molecule has 0 aliphatic carbocycles. The van der Waals surface area contributed by atoms with Crippen molar-refractivity contribution in [1.82, 2.24) is 10.3 Å². The van der Waals surface area contributed by atoms with Crippen molar-refractivity contribution in [3.8, 4) is 0 Å². The smallest absolute Gasteiger partial charge is 0.227 e. The van der Waals surface area contributed by atoms with E-state index < -0.39 is 0 Å². The minimum absolute atomic E-state index is 0.198. The standard InChI is InChI=1S/C11H17N3O/c1-14(10-3-5-13-8-10)11(15)6-9-2-4-12-7-9/h3,5,8-9,12-13H,2,4,6-7H2,1H3. The van der Waals surface area contributed by atoms with Gasteiger partial charge in [-0.2, -0.15) is 0 Å². The fourth-order valence-corrected chi connectivity index (χ4v) is 1.94. The van der Waals surface area contributed by atoms with Crippen LogP contribution >= 0.6 is 0 Å². The average Bonchev–Trinajstić information content (AvgIpc) is 2.88. The van der Waals surface area contributed by atoms with E-state index in [4.69, 9.17) is 0 Å². The van der Waals surface area contributed by atoms with Gasteiger partial charge in [0.2, 0.25) is 5.91 Å². The van der Waals surface area contributed by atoms with Gasteiger partial charge in [-0.3, -0.25) is 4.79 Å². The minimum Gasteiger partial charge on any atom is -0.366 e. The number of H-pyrrole nitrogens is 1. The van der Waals surface area contributed by atoms with Gasteiger partial charge in [0.1, 0.15) is 0 Å². The second-order valence-electron chi connectivity index (χ2n) is 4.08. The zero-order chi connectivity index (χ0) is 10.7. The Morgan fingerprint density at radius 3 is 3.13 bits per heavy atom. The quantitative estimate of drug-likeness (QED) is 0.776. The van der Waals surface area contributed by atoms with Gasteiger partial charge in [0.15, 0.2) is 0 Å². The van der Waals surface area contributed by atoms with E-state index in [1.807, 2.05) is 25.5 Å². The molecule has 1 saturated heterocycles. The number of carbonyl (C=O) groups excluding carboxylic acids is 1. The third kappa shape index (κ3) is 2.39. The number of nitrogens with zero attached hydrogens (tertiary/aromatic N) is 1. The van der Waals surface area contributed by atoms with E-state index in [9.17, 15) is 4.79 Å². The summed E-state index contributed by atoms with van der Waals surface area (Å²) in [5, 5.41) is 3.27. The molecule has 4 heteroatoms. The molecule has 1 aliphatic rings. The van der Waals surface area contributed by atoms with Crippen molar-refractivity contribution in [2.75, 3.05) is 25.0 Å². The van der Waals surface area contributed by atoms with Crippen LogP contribution in [0.4, 0.5) is 5.69 Å². The SMILES string of the molecule is CN(C(=O)CC1CCNC1)c1cc[nH]c1. The van der Waals surface area contributed by atoms with Gasteiger partial charge in [-0.25, -0.2) is 0 Å². The molecule has 82 valence electrons. The van der Waals surface area contributed by atoms with Gasteiger partial charge in [-0.05, 0) is 31.5 Å². The lowest BCUT2D eigenvalue weighted by Gasteiger charge is -2.17. The number of rotatable bonds is 3. The Bertz CT molecular complexity index is 315. The van der Waals surface area contributed by atoms with Gasteiger partial charge >= 0.3 is 0 Å². The van der Waals surface area contributed by atoms with Gasteiger partial charge in [-0.15, -0.1) is 0 Å². The topological polar surface area (TPSA) is 48.1 Å². The van der Waals surface area contributed by atoms with Crippen molar-refractivity contribution in [2.24, 2.45) is 5.92 Å². The van der Waals surface area contributed by atoms with Crippen molar-refractivity contribution in [3.05, 3.63) is 18.5 Å². The van der Waals surface area contributed by atoms with Crippen molar-refractivity contribution in [1.29, 1.82) is 0 Å². The van der Waals surface area contributed by atoms with E-state index in [-0.39, 0.29) is 5.91 Å². The second kappa shape index (κ2) is 4.49. The summed E-state index contributed by atoms with van der Waals surface area (Å²) >= 11 is 0. The predicted octanol–water partition coefficient (Wildman–Crippen LogP) is 0.977. The molecule has 1 atom stereocenters. The average molecular weight is 207 g/mol. The van der Waals surface area contributed by atoms with Crippen molar-refractivity contribution < 1.29 is 4.79 Å². The molecule has 1 fully saturated rings. The van der Waals surface area contributed by atoms with Crippen LogP contribution in [0.15, 0.2) is 18.5 Å². The number of hydrogen-bond donors (Lipinski definition) is 2. The Kier molecular flexibility index (Phi) is 3.06. The zero-order valence-corrected chi connectivity index (χ0v) is 8.99. The first-order valence-electron chi connectivity index (χ1n) is 5.37. The molecule has 1 aromatic heterocycles. The van der Waals surface area contributed by atoms with Crippen LogP contribution in [0.5, 0.6) is 0 Å². The first-order valence-corrected chi connectivity index (χ1v) is 5.37. The monoisotopic (exact) mass is 207 g/mol. The summed E-state index contributed by atoms with van der Waals surface area (Å²) in [4.78, 5) is 16.6. The van der Waals surface area contributed by atoms with Crippen molar-refractivity contribution in [3.63, 3.8) is 0 Å². The summed E-state index contributed by atoms with van der Waals surface area (Å²) < 4.78 is 0. The minimum atomic E-state index is 0.198. The fourth-order valence-electron chi connectivity index (χ4n) is 1.94. The van der Waals surface area contributed by atoms with E-state index in [2.05, 4.69) is 10.3 Å². The van der Waals surface area contributed by atoms with Crippen LogP contribution in [0, 0.1) is 5.92 Å². The summed E-state index contributed by atoms with van der Waals surface area (Å²) in [5.74, 6) is 0.710. The molecule has 1 aromatic rings. The van der Waals surface area contributed by atoms with Gasteiger partial charge in [0.05, 0.1) is 5.69 Å². The summed E-state index contributed by atoms with van der Waals surface area (Å²) in [6.07, 6.45) is 5.43. The predicted molar refractivity (Wildman–Crippen MR) is 59.8 cm³/mol. The van der Waals surface area contributed by atoms with Crippen LogP contribution < -0.4 is 10.2 Å². The molecule has 0 aromatic carbocycles. The molecule has 2 N–H and O–H groups in total. The molecule has 1 amide bonds. The van der Waals surface area contributed by atoms with Crippen LogP contribution in [0.1, 0.15) is 12.8 Å². The van der Waals surface area contributed by atoms with Gasteiger partial charge in [-0.1, -0.05) is 0 Å². The highest BCUT2D eigenvalue weighted by molar-refractivity contribution is 5.92. The summed E-state index contributed by atoms with van der Waals surface area (Å²) in [6, 6.07) is 1.91. The van der Waals surface area contributed by atoms with Gasteiger partial charge in [0.25, 0.3) is 0 Å². The molecule has 2 heterocycles. The number of amides is 1. The maximum Gasteiger partial charge on any atom is 0.227 e. The molecule has 15 heavy (non-hydrogen) atoms. The highest BCUT2D eigenvalue weighted by atomic mass is 16.2. The number of aromatic nitrogens is 1. The molecule has 2 rings (SSSR count). The number of hydrogen-bond acceptors (Lipinski definition) is 2. The Morgan fingerprint density at radius 1 is 1.67 bits per heavy atom. The number of anilines is 1. The van der Waals surface area contributed by atoms with Gasteiger partial charge < -0.3 is 15.2 Å². The Labute approximate surface area is 89.7 Å². The number of aromatic amines is 1. The summed E-state index contributed by atoms with van der Waals surface area (Å²) in [5.41, 5.74) is 0.936.